The van der Waals surface area contributed by atoms with Gasteiger partial charge in [0.1, 0.15) is 0 Å². The van der Waals surface area contributed by atoms with E-state index in [1.54, 1.807) is 35.1 Å². The normalized spacial score (nSPS) is 13.3. The van der Waals surface area contributed by atoms with Crippen LogP contribution in [0.1, 0.15) is 39.6 Å². The molecule has 9 heteroatoms. The maximum Gasteiger partial charge on any atom is 0.346 e. The summed E-state index contributed by atoms with van der Waals surface area (Å²) in [5, 5.41) is 7.15. The second-order valence-corrected chi connectivity index (χ2v) is 6.73. The van der Waals surface area contributed by atoms with Gasteiger partial charge in [-0.15, -0.1) is 5.10 Å². The van der Waals surface area contributed by atoms with Crippen LogP contribution in [-0.4, -0.2) is 39.9 Å². The molecule has 29 heavy (non-hydrogen) atoms. The highest BCUT2D eigenvalue weighted by Gasteiger charge is 2.31. The molecule has 1 saturated carbocycles. The van der Waals surface area contributed by atoms with Crippen molar-refractivity contribution in [3.63, 3.8) is 0 Å². The van der Waals surface area contributed by atoms with Gasteiger partial charge in [-0.3, -0.25) is 9.36 Å². The van der Waals surface area contributed by atoms with Gasteiger partial charge in [-0.25, -0.2) is 14.3 Å². The number of amides is 1. The molecule has 1 N–H and O–H groups in total. The minimum atomic E-state index is -0.463. The van der Waals surface area contributed by atoms with Gasteiger partial charge < -0.3 is 14.5 Å². The molecular formula is C20H20N4O5. The van der Waals surface area contributed by atoms with Crippen molar-refractivity contribution in [1.82, 2.24) is 19.7 Å². The topological polar surface area (TPSA) is 108 Å². The van der Waals surface area contributed by atoms with Crippen LogP contribution in [0.3, 0.4) is 0 Å². The van der Waals surface area contributed by atoms with Crippen molar-refractivity contribution in [1.29, 1.82) is 0 Å². The van der Waals surface area contributed by atoms with Gasteiger partial charge in [0.2, 0.25) is 5.82 Å². The fraction of sp³-hybridized carbons (Fsp3) is 0.300. The van der Waals surface area contributed by atoms with Gasteiger partial charge in [0.05, 0.1) is 25.5 Å². The van der Waals surface area contributed by atoms with E-state index in [1.807, 2.05) is 0 Å². The first kappa shape index (κ1) is 18.7. The summed E-state index contributed by atoms with van der Waals surface area (Å²) < 4.78 is 13.0. The van der Waals surface area contributed by atoms with E-state index in [0.29, 0.717) is 22.7 Å². The summed E-state index contributed by atoms with van der Waals surface area (Å²) in [5.74, 6) is 0.284. The Labute approximate surface area is 165 Å². The number of carbonyl (C=O) groups excluding carboxylic acids is 2. The average Bonchev–Trinajstić information content (AvgIpc) is 3.31. The summed E-state index contributed by atoms with van der Waals surface area (Å²) >= 11 is 0. The molecule has 1 aliphatic carbocycles. The lowest BCUT2D eigenvalue weighted by Gasteiger charge is -2.05. The predicted octanol–water partition coefficient (Wildman–Crippen LogP) is 1.86. The highest BCUT2D eigenvalue weighted by Crippen LogP contribution is 2.36. The van der Waals surface area contributed by atoms with Gasteiger partial charge in [-0.1, -0.05) is 0 Å². The number of hydrogen-bond donors (Lipinski definition) is 1. The van der Waals surface area contributed by atoms with Crippen LogP contribution in [0.2, 0.25) is 0 Å². The number of aromatic nitrogens is 3. The largest absolute Gasteiger partial charge is 0.465 e. The van der Waals surface area contributed by atoms with Crippen molar-refractivity contribution in [3.8, 4) is 11.6 Å². The highest BCUT2D eigenvalue weighted by atomic mass is 16.5. The second-order valence-electron chi connectivity index (χ2n) is 6.73. The molecule has 0 unspecified atom stereocenters. The molecule has 0 radical (unpaired) electrons. The fourth-order valence-electron chi connectivity index (χ4n) is 3.05. The number of hydrogen-bond acceptors (Lipinski definition) is 6. The molecule has 3 aromatic rings. The van der Waals surface area contributed by atoms with Crippen molar-refractivity contribution in [2.45, 2.75) is 25.4 Å². The molecule has 1 amide bonds. The maximum absolute atomic E-state index is 12.7. The number of esters is 1. The molecule has 1 aromatic carbocycles. The van der Waals surface area contributed by atoms with Crippen LogP contribution in [0.4, 0.5) is 0 Å². The molecule has 9 nitrogen and oxygen atoms in total. The zero-order valence-electron chi connectivity index (χ0n) is 15.8. The van der Waals surface area contributed by atoms with Gasteiger partial charge in [0.25, 0.3) is 5.91 Å². The number of benzene rings is 1. The van der Waals surface area contributed by atoms with Crippen LogP contribution < -0.4 is 11.0 Å². The first-order chi connectivity index (χ1) is 14.1. The molecule has 0 bridgehead atoms. The third kappa shape index (κ3) is 3.84. The van der Waals surface area contributed by atoms with Crippen LogP contribution in [0.5, 0.6) is 0 Å². The zero-order chi connectivity index (χ0) is 20.4. The van der Waals surface area contributed by atoms with E-state index < -0.39 is 5.97 Å². The van der Waals surface area contributed by atoms with E-state index in [0.717, 1.165) is 12.8 Å². The predicted molar refractivity (Wildman–Crippen MR) is 103 cm³/mol. The SMILES string of the molecule is COC(=O)c1ccc(C(=O)NCCn2nc(-c3ccco3)n(C3CC3)c2=O)cc1. The van der Waals surface area contributed by atoms with Crippen LogP contribution in [-0.2, 0) is 11.3 Å². The first-order valence-electron chi connectivity index (χ1n) is 9.28. The lowest BCUT2D eigenvalue weighted by atomic mass is 10.1. The van der Waals surface area contributed by atoms with Crippen molar-refractivity contribution < 1.29 is 18.7 Å². The summed E-state index contributed by atoms with van der Waals surface area (Å²) in [4.78, 5) is 36.5. The number of rotatable bonds is 7. The second kappa shape index (κ2) is 7.78. The molecular weight excluding hydrogens is 376 g/mol. The Morgan fingerprint density at radius 3 is 2.55 bits per heavy atom. The van der Waals surface area contributed by atoms with Crippen molar-refractivity contribution >= 4 is 11.9 Å². The Bertz CT molecular complexity index is 1080. The zero-order valence-corrected chi connectivity index (χ0v) is 15.8. The van der Waals surface area contributed by atoms with E-state index in [2.05, 4.69) is 15.2 Å². The van der Waals surface area contributed by atoms with Gasteiger partial charge >= 0.3 is 11.7 Å². The number of nitrogens with zero attached hydrogens (tertiary/aromatic N) is 3. The van der Waals surface area contributed by atoms with E-state index in [9.17, 15) is 14.4 Å². The Kier molecular flexibility index (Phi) is 5.03. The van der Waals surface area contributed by atoms with Gasteiger partial charge in [0, 0.05) is 18.2 Å². The molecule has 2 heterocycles. The molecule has 150 valence electrons. The quantitative estimate of drug-likeness (QED) is 0.611. The highest BCUT2D eigenvalue weighted by molar-refractivity contribution is 5.96. The monoisotopic (exact) mass is 396 g/mol. The van der Waals surface area contributed by atoms with E-state index >= 15 is 0 Å². The molecule has 0 spiro atoms. The Morgan fingerprint density at radius 2 is 1.93 bits per heavy atom. The number of nitrogens with one attached hydrogen (secondary N) is 1. The average molecular weight is 396 g/mol. The lowest BCUT2D eigenvalue weighted by Crippen LogP contribution is -2.32. The third-order valence-electron chi connectivity index (χ3n) is 4.70. The Morgan fingerprint density at radius 1 is 1.21 bits per heavy atom. The summed E-state index contributed by atoms with van der Waals surface area (Å²) in [6.45, 7) is 0.467. The summed E-state index contributed by atoms with van der Waals surface area (Å²) in [6.07, 6.45) is 3.43. The van der Waals surface area contributed by atoms with Crippen LogP contribution in [0.25, 0.3) is 11.6 Å². The molecule has 1 aliphatic rings. The fourth-order valence-corrected chi connectivity index (χ4v) is 3.05. The summed E-state index contributed by atoms with van der Waals surface area (Å²) in [5.41, 5.74) is 0.562. The van der Waals surface area contributed by atoms with Gasteiger partial charge in [0.15, 0.2) is 5.76 Å². The molecule has 2 aromatic heterocycles. The van der Waals surface area contributed by atoms with Gasteiger partial charge in [-0.05, 0) is 49.2 Å². The standard InChI is InChI=1S/C20H20N4O5/c1-28-19(26)14-6-4-13(5-7-14)18(25)21-10-11-23-20(27)24(15-8-9-15)17(22-23)16-3-2-12-29-16/h2-7,12,15H,8-11H2,1H3,(H,21,25). The number of carbonyl (C=O) groups is 2. The Hall–Kier alpha value is -3.62. The number of furan rings is 1. The molecule has 0 aliphatic heterocycles. The minimum absolute atomic E-state index is 0.152. The molecule has 0 saturated heterocycles. The summed E-state index contributed by atoms with van der Waals surface area (Å²) in [6, 6.07) is 9.82. The number of methoxy groups -OCH3 is 1. The van der Waals surface area contributed by atoms with E-state index in [1.165, 1.54) is 23.9 Å². The molecule has 0 atom stereocenters. The number of ether oxygens (including phenoxy) is 1. The van der Waals surface area contributed by atoms with Crippen LogP contribution in [0.15, 0.2) is 51.9 Å². The van der Waals surface area contributed by atoms with Crippen molar-refractivity contribution in [2.24, 2.45) is 0 Å². The van der Waals surface area contributed by atoms with Crippen molar-refractivity contribution in [2.75, 3.05) is 13.7 Å². The lowest BCUT2D eigenvalue weighted by molar-refractivity contribution is 0.0600. The van der Waals surface area contributed by atoms with Crippen LogP contribution >= 0.6 is 0 Å². The molecule has 1 fully saturated rings. The summed E-state index contributed by atoms with van der Waals surface area (Å²) in [7, 11) is 1.30. The van der Waals surface area contributed by atoms with Crippen molar-refractivity contribution in [3.05, 3.63) is 64.3 Å². The van der Waals surface area contributed by atoms with Crippen LogP contribution in [0, 0.1) is 0 Å². The van der Waals surface area contributed by atoms with E-state index in [4.69, 9.17) is 4.42 Å². The first-order valence-corrected chi connectivity index (χ1v) is 9.28. The van der Waals surface area contributed by atoms with E-state index in [-0.39, 0.29) is 30.7 Å². The minimum Gasteiger partial charge on any atom is -0.465 e. The Balaban J connectivity index is 1.42. The molecule has 4 rings (SSSR count). The van der Waals surface area contributed by atoms with Gasteiger partial charge in [-0.2, -0.15) is 0 Å². The smallest absolute Gasteiger partial charge is 0.346 e. The third-order valence-corrected chi connectivity index (χ3v) is 4.70. The maximum atomic E-state index is 12.7.